The first-order valence-corrected chi connectivity index (χ1v) is 12.2. The summed E-state index contributed by atoms with van der Waals surface area (Å²) in [4.78, 5) is 12.9. The van der Waals surface area contributed by atoms with Crippen LogP contribution in [0.15, 0.2) is 82.6 Å². The molecule has 0 spiro atoms. The quantitative estimate of drug-likeness (QED) is 0.306. The lowest BCUT2D eigenvalue weighted by molar-refractivity contribution is -0.115. The number of nitrogens with zero attached hydrogens (tertiary/aromatic N) is 3. The van der Waals surface area contributed by atoms with Crippen molar-refractivity contribution in [2.75, 3.05) is 5.32 Å². The number of furan rings is 1. The predicted molar refractivity (Wildman–Crippen MR) is 131 cm³/mol. The fraction of sp³-hybridized carbons (Fsp3) is 0.269. The number of hydrogen-bond donors (Lipinski definition) is 1. The van der Waals surface area contributed by atoms with Crippen molar-refractivity contribution in [1.82, 2.24) is 14.8 Å². The molecule has 7 nitrogen and oxygen atoms in total. The lowest BCUT2D eigenvalue weighted by Gasteiger charge is -2.13. The van der Waals surface area contributed by atoms with Gasteiger partial charge in [0.2, 0.25) is 5.91 Å². The van der Waals surface area contributed by atoms with Gasteiger partial charge in [0, 0.05) is 11.6 Å². The van der Waals surface area contributed by atoms with Gasteiger partial charge in [0.05, 0.1) is 18.1 Å². The third kappa shape index (κ3) is 5.51. The fourth-order valence-electron chi connectivity index (χ4n) is 3.57. The molecule has 34 heavy (non-hydrogen) atoms. The molecular weight excluding hydrogens is 448 g/mol. The minimum absolute atomic E-state index is 0.0940. The van der Waals surface area contributed by atoms with Crippen LogP contribution in [-0.4, -0.2) is 25.9 Å². The average Bonchev–Trinajstić information content (AvgIpc) is 3.43. The van der Waals surface area contributed by atoms with E-state index in [1.165, 1.54) is 11.8 Å². The van der Waals surface area contributed by atoms with Gasteiger partial charge in [-0.15, -0.1) is 10.2 Å². The number of carbonyl (C=O) groups is 1. The van der Waals surface area contributed by atoms with E-state index in [1.807, 2.05) is 73.7 Å². The first kappa shape index (κ1) is 22.3. The van der Waals surface area contributed by atoms with Gasteiger partial charge in [-0.25, -0.2) is 0 Å². The Morgan fingerprint density at radius 2 is 1.91 bits per heavy atom. The van der Waals surface area contributed by atoms with Gasteiger partial charge in [0.15, 0.2) is 5.16 Å². The van der Waals surface area contributed by atoms with Gasteiger partial charge < -0.3 is 14.5 Å². The highest BCUT2D eigenvalue weighted by atomic mass is 32.2. The molecule has 1 N–H and O–H groups in total. The smallest absolute Gasteiger partial charge is 0.237 e. The van der Waals surface area contributed by atoms with E-state index in [2.05, 4.69) is 20.1 Å². The maximum absolute atomic E-state index is 12.9. The highest BCUT2D eigenvalue weighted by Gasteiger charge is 2.31. The molecule has 5 rings (SSSR count). The third-order valence-electron chi connectivity index (χ3n) is 5.60. The summed E-state index contributed by atoms with van der Waals surface area (Å²) in [5.74, 6) is 2.92. The second kappa shape index (κ2) is 10.2. The summed E-state index contributed by atoms with van der Waals surface area (Å²) in [6.07, 6.45) is 3.92. The standard InChI is InChI=1S/C26H26N4O3S/c1-18(34-26-29-28-24(20-9-10-20)30(26)16-23-8-5-15-32-23)25(31)27-21-11-13-22(14-12-21)33-17-19-6-3-2-4-7-19/h2-8,11-15,18,20H,9-10,16-17H2,1H3,(H,27,31). The van der Waals surface area contributed by atoms with E-state index in [0.717, 1.165) is 46.6 Å². The molecule has 2 aromatic carbocycles. The molecule has 1 unspecified atom stereocenters. The van der Waals surface area contributed by atoms with Crippen LogP contribution in [0, 0.1) is 0 Å². The molecule has 1 aliphatic rings. The largest absolute Gasteiger partial charge is 0.489 e. The zero-order valence-corrected chi connectivity index (χ0v) is 19.7. The average molecular weight is 475 g/mol. The molecule has 8 heteroatoms. The molecule has 0 bridgehead atoms. The molecular formula is C26H26N4O3S. The van der Waals surface area contributed by atoms with Crippen LogP contribution in [0.5, 0.6) is 5.75 Å². The minimum atomic E-state index is -0.347. The van der Waals surface area contributed by atoms with Crippen molar-refractivity contribution in [1.29, 1.82) is 0 Å². The number of benzene rings is 2. The summed E-state index contributed by atoms with van der Waals surface area (Å²) in [5, 5.41) is 12.2. The van der Waals surface area contributed by atoms with Crippen LogP contribution < -0.4 is 10.1 Å². The van der Waals surface area contributed by atoms with Crippen molar-refractivity contribution in [3.05, 3.63) is 90.1 Å². The summed E-state index contributed by atoms with van der Waals surface area (Å²) in [6.45, 7) is 2.94. The number of amides is 1. The molecule has 2 heterocycles. The van der Waals surface area contributed by atoms with Gasteiger partial charge in [0.25, 0.3) is 0 Å². The topological polar surface area (TPSA) is 82.2 Å². The van der Waals surface area contributed by atoms with Crippen molar-refractivity contribution in [2.24, 2.45) is 0 Å². The second-order valence-electron chi connectivity index (χ2n) is 8.33. The van der Waals surface area contributed by atoms with E-state index in [4.69, 9.17) is 9.15 Å². The van der Waals surface area contributed by atoms with E-state index < -0.39 is 0 Å². The monoisotopic (exact) mass is 474 g/mol. The number of thioether (sulfide) groups is 1. The molecule has 174 valence electrons. The highest BCUT2D eigenvalue weighted by Crippen LogP contribution is 2.40. The summed E-state index contributed by atoms with van der Waals surface area (Å²) < 4.78 is 13.4. The van der Waals surface area contributed by atoms with E-state index in [-0.39, 0.29) is 11.2 Å². The maximum Gasteiger partial charge on any atom is 0.237 e. The van der Waals surface area contributed by atoms with Crippen LogP contribution in [0.2, 0.25) is 0 Å². The van der Waals surface area contributed by atoms with Crippen molar-refractivity contribution in [3.63, 3.8) is 0 Å². The molecule has 4 aromatic rings. The van der Waals surface area contributed by atoms with Crippen LogP contribution in [0.1, 0.15) is 42.8 Å². The number of carbonyl (C=O) groups excluding carboxylic acids is 1. The van der Waals surface area contributed by atoms with Crippen LogP contribution in [-0.2, 0) is 17.9 Å². The lowest BCUT2D eigenvalue weighted by Crippen LogP contribution is -2.23. The number of anilines is 1. The lowest BCUT2D eigenvalue weighted by atomic mass is 10.2. The Morgan fingerprint density at radius 1 is 1.12 bits per heavy atom. The Kier molecular flexibility index (Phi) is 6.67. The Bertz CT molecular complexity index is 1220. The second-order valence-corrected chi connectivity index (χ2v) is 9.64. The molecule has 0 aliphatic heterocycles. The Morgan fingerprint density at radius 3 is 2.62 bits per heavy atom. The van der Waals surface area contributed by atoms with Crippen LogP contribution in [0.4, 0.5) is 5.69 Å². The van der Waals surface area contributed by atoms with E-state index in [0.29, 0.717) is 19.1 Å². The van der Waals surface area contributed by atoms with Gasteiger partial charge in [-0.05, 0) is 61.7 Å². The third-order valence-corrected chi connectivity index (χ3v) is 6.68. The Balaban J connectivity index is 1.19. The molecule has 1 atom stereocenters. The molecule has 1 saturated carbocycles. The van der Waals surface area contributed by atoms with E-state index in [1.54, 1.807) is 6.26 Å². The summed E-state index contributed by atoms with van der Waals surface area (Å²) in [7, 11) is 0. The molecule has 0 saturated heterocycles. The number of nitrogens with one attached hydrogen (secondary N) is 1. The van der Waals surface area contributed by atoms with Gasteiger partial charge in [-0.1, -0.05) is 42.1 Å². The van der Waals surface area contributed by atoms with Crippen molar-refractivity contribution in [2.45, 2.75) is 49.2 Å². The minimum Gasteiger partial charge on any atom is -0.489 e. The molecule has 1 amide bonds. The summed E-state index contributed by atoms with van der Waals surface area (Å²) in [6, 6.07) is 21.2. The molecule has 1 aliphatic carbocycles. The van der Waals surface area contributed by atoms with Crippen LogP contribution in [0.25, 0.3) is 0 Å². The van der Waals surface area contributed by atoms with E-state index in [9.17, 15) is 4.79 Å². The van der Waals surface area contributed by atoms with Crippen molar-refractivity contribution in [3.8, 4) is 5.75 Å². The SMILES string of the molecule is CC(Sc1nnc(C2CC2)n1Cc1ccco1)C(=O)Nc1ccc(OCc2ccccc2)cc1. The van der Waals surface area contributed by atoms with Gasteiger partial charge in [-0.2, -0.15) is 0 Å². The highest BCUT2D eigenvalue weighted by molar-refractivity contribution is 8.00. The fourth-order valence-corrected chi connectivity index (χ4v) is 4.42. The Hall–Kier alpha value is -3.52. The maximum atomic E-state index is 12.9. The number of hydrogen-bond acceptors (Lipinski definition) is 6. The number of aromatic nitrogens is 3. The zero-order chi connectivity index (χ0) is 23.3. The molecule has 1 fully saturated rings. The van der Waals surface area contributed by atoms with Gasteiger partial charge in [0.1, 0.15) is 23.9 Å². The van der Waals surface area contributed by atoms with Crippen molar-refractivity contribution < 1.29 is 13.9 Å². The van der Waals surface area contributed by atoms with Crippen LogP contribution >= 0.6 is 11.8 Å². The van der Waals surface area contributed by atoms with Gasteiger partial charge >= 0.3 is 0 Å². The molecule has 0 radical (unpaired) electrons. The van der Waals surface area contributed by atoms with E-state index >= 15 is 0 Å². The Labute approximate surface area is 202 Å². The first-order valence-electron chi connectivity index (χ1n) is 11.4. The normalized spacial score (nSPS) is 14.0. The van der Waals surface area contributed by atoms with Gasteiger partial charge in [-0.3, -0.25) is 9.36 Å². The number of ether oxygens (including phenoxy) is 1. The predicted octanol–water partition coefficient (Wildman–Crippen LogP) is 5.50. The number of rotatable bonds is 10. The molecule has 2 aromatic heterocycles. The zero-order valence-electron chi connectivity index (χ0n) is 18.9. The summed E-state index contributed by atoms with van der Waals surface area (Å²) >= 11 is 1.41. The van der Waals surface area contributed by atoms with Crippen molar-refractivity contribution >= 4 is 23.4 Å². The first-order chi connectivity index (χ1) is 16.7. The summed E-state index contributed by atoms with van der Waals surface area (Å²) in [5.41, 5.74) is 1.83. The van der Waals surface area contributed by atoms with Crippen LogP contribution in [0.3, 0.4) is 0 Å².